The Morgan fingerprint density at radius 3 is 2.81 bits per heavy atom. The van der Waals surface area contributed by atoms with Crippen LogP contribution in [0.5, 0.6) is 0 Å². The zero-order valence-corrected chi connectivity index (χ0v) is 10.6. The van der Waals surface area contributed by atoms with Gasteiger partial charge in [-0.05, 0) is 23.8 Å². The SMILES string of the molecule is CC(C)CC(CN)C(=O)OCc1cccs1. The lowest BCUT2D eigenvalue weighted by Gasteiger charge is -2.15. The van der Waals surface area contributed by atoms with Crippen molar-refractivity contribution in [2.75, 3.05) is 6.54 Å². The summed E-state index contributed by atoms with van der Waals surface area (Å²) < 4.78 is 5.23. The molecule has 0 fully saturated rings. The molecule has 1 atom stereocenters. The smallest absolute Gasteiger partial charge is 0.310 e. The highest BCUT2D eigenvalue weighted by Gasteiger charge is 2.19. The lowest BCUT2D eigenvalue weighted by molar-refractivity contribution is -0.150. The minimum Gasteiger partial charge on any atom is -0.460 e. The number of nitrogens with two attached hydrogens (primary N) is 1. The van der Waals surface area contributed by atoms with Gasteiger partial charge in [-0.15, -0.1) is 11.3 Å². The normalized spacial score (nSPS) is 12.8. The largest absolute Gasteiger partial charge is 0.460 e. The first-order chi connectivity index (χ1) is 7.63. The second-order valence-electron chi connectivity index (χ2n) is 4.25. The molecule has 0 amide bonds. The fourth-order valence-electron chi connectivity index (χ4n) is 1.51. The molecule has 0 spiro atoms. The number of thiophene rings is 1. The zero-order chi connectivity index (χ0) is 12.0. The van der Waals surface area contributed by atoms with E-state index in [4.69, 9.17) is 10.5 Å². The summed E-state index contributed by atoms with van der Waals surface area (Å²) in [4.78, 5) is 12.8. The molecule has 1 unspecified atom stereocenters. The lowest BCUT2D eigenvalue weighted by Crippen LogP contribution is -2.26. The molecule has 0 aromatic carbocycles. The van der Waals surface area contributed by atoms with E-state index in [9.17, 15) is 4.79 Å². The van der Waals surface area contributed by atoms with E-state index in [1.54, 1.807) is 11.3 Å². The van der Waals surface area contributed by atoms with Crippen LogP contribution in [-0.4, -0.2) is 12.5 Å². The Morgan fingerprint density at radius 2 is 2.31 bits per heavy atom. The molecule has 0 radical (unpaired) electrons. The van der Waals surface area contributed by atoms with Crippen LogP contribution in [0.25, 0.3) is 0 Å². The Bertz CT molecular complexity index is 309. The second-order valence-corrected chi connectivity index (χ2v) is 5.28. The second kappa shape index (κ2) is 6.66. The molecule has 90 valence electrons. The van der Waals surface area contributed by atoms with Gasteiger partial charge in [-0.3, -0.25) is 4.79 Å². The molecule has 0 bridgehead atoms. The van der Waals surface area contributed by atoms with Gasteiger partial charge in [0.15, 0.2) is 0 Å². The fourth-order valence-corrected chi connectivity index (χ4v) is 2.13. The maximum Gasteiger partial charge on any atom is 0.310 e. The van der Waals surface area contributed by atoms with Gasteiger partial charge >= 0.3 is 5.97 Å². The van der Waals surface area contributed by atoms with E-state index in [0.717, 1.165) is 11.3 Å². The van der Waals surface area contributed by atoms with E-state index in [-0.39, 0.29) is 11.9 Å². The Balaban J connectivity index is 2.37. The molecule has 16 heavy (non-hydrogen) atoms. The maximum atomic E-state index is 11.7. The molecule has 0 saturated heterocycles. The number of carbonyl (C=O) groups excluding carboxylic acids is 1. The van der Waals surface area contributed by atoms with Crippen molar-refractivity contribution in [1.29, 1.82) is 0 Å². The van der Waals surface area contributed by atoms with Crippen molar-refractivity contribution in [3.63, 3.8) is 0 Å². The summed E-state index contributed by atoms with van der Waals surface area (Å²) >= 11 is 1.59. The van der Waals surface area contributed by atoms with Gasteiger partial charge in [0, 0.05) is 11.4 Å². The van der Waals surface area contributed by atoms with Crippen LogP contribution in [0.4, 0.5) is 0 Å². The molecule has 0 aliphatic heterocycles. The van der Waals surface area contributed by atoms with E-state index in [2.05, 4.69) is 13.8 Å². The van der Waals surface area contributed by atoms with Crippen LogP contribution in [0.2, 0.25) is 0 Å². The first kappa shape index (κ1) is 13.2. The summed E-state index contributed by atoms with van der Waals surface area (Å²) in [6.45, 7) is 4.89. The molecule has 0 aliphatic rings. The van der Waals surface area contributed by atoms with Gasteiger partial charge < -0.3 is 10.5 Å². The van der Waals surface area contributed by atoms with E-state index < -0.39 is 0 Å². The van der Waals surface area contributed by atoms with Crippen LogP contribution >= 0.6 is 11.3 Å². The Morgan fingerprint density at radius 1 is 1.56 bits per heavy atom. The predicted molar refractivity (Wildman–Crippen MR) is 66.1 cm³/mol. The molecule has 1 rings (SSSR count). The number of hydrogen-bond donors (Lipinski definition) is 1. The average molecular weight is 241 g/mol. The van der Waals surface area contributed by atoms with Crippen molar-refractivity contribution < 1.29 is 9.53 Å². The van der Waals surface area contributed by atoms with Crippen LogP contribution < -0.4 is 5.73 Å². The van der Waals surface area contributed by atoms with Crippen LogP contribution in [0.3, 0.4) is 0 Å². The summed E-state index contributed by atoms with van der Waals surface area (Å²) in [5.74, 6) is 0.118. The number of carbonyl (C=O) groups is 1. The summed E-state index contributed by atoms with van der Waals surface area (Å²) in [5, 5.41) is 1.97. The average Bonchev–Trinajstić information content (AvgIpc) is 2.75. The molecule has 4 heteroatoms. The number of esters is 1. The topological polar surface area (TPSA) is 52.3 Å². The van der Waals surface area contributed by atoms with Crippen molar-refractivity contribution in [3.05, 3.63) is 22.4 Å². The minimum absolute atomic E-state index is 0.167. The van der Waals surface area contributed by atoms with Crippen LogP contribution in [0.15, 0.2) is 17.5 Å². The molecular weight excluding hydrogens is 222 g/mol. The van der Waals surface area contributed by atoms with E-state index >= 15 is 0 Å². The molecule has 1 heterocycles. The summed E-state index contributed by atoms with van der Waals surface area (Å²) in [7, 11) is 0. The zero-order valence-electron chi connectivity index (χ0n) is 9.81. The Labute approximate surface area is 101 Å². The van der Waals surface area contributed by atoms with Crippen molar-refractivity contribution in [3.8, 4) is 0 Å². The number of hydrogen-bond acceptors (Lipinski definition) is 4. The van der Waals surface area contributed by atoms with Crippen LogP contribution in [-0.2, 0) is 16.1 Å². The first-order valence-electron chi connectivity index (χ1n) is 5.52. The van der Waals surface area contributed by atoms with Gasteiger partial charge in [0.1, 0.15) is 6.61 Å². The van der Waals surface area contributed by atoms with Crippen molar-refractivity contribution in [2.24, 2.45) is 17.6 Å². The lowest BCUT2D eigenvalue weighted by atomic mass is 9.97. The van der Waals surface area contributed by atoms with Crippen molar-refractivity contribution in [1.82, 2.24) is 0 Å². The summed E-state index contributed by atoms with van der Waals surface area (Å²) in [5.41, 5.74) is 5.57. The van der Waals surface area contributed by atoms with Gasteiger partial charge in [-0.1, -0.05) is 19.9 Å². The third-order valence-electron chi connectivity index (χ3n) is 2.31. The minimum atomic E-state index is -0.176. The van der Waals surface area contributed by atoms with Crippen LogP contribution in [0.1, 0.15) is 25.1 Å². The summed E-state index contributed by atoms with van der Waals surface area (Å²) in [6.07, 6.45) is 0.791. The van der Waals surface area contributed by atoms with E-state index in [1.807, 2.05) is 17.5 Å². The Hall–Kier alpha value is -0.870. The van der Waals surface area contributed by atoms with Gasteiger partial charge in [0.05, 0.1) is 5.92 Å². The third-order valence-corrected chi connectivity index (χ3v) is 3.16. The molecule has 1 aromatic heterocycles. The number of rotatable bonds is 6. The standard InChI is InChI=1S/C12H19NO2S/c1-9(2)6-10(7-13)12(14)15-8-11-4-3-5-16-11/h3-5,9-10H,6-8,13H2,1-2H3. The van der Waals surface area contributed by atoms with Gasteiger partial charge in [-0.25, -0.2) is 0 Å². The molecule has 0 saturated carbocycles. The fraction of sp³-hybridized carbons (Fsp3) is 0.583. The van der Waals surface area contributed by atoms with Crippen LogP contribution in [0, 0.1) is 11.8 Å². The highest BCUT2D eigenvalue weighted by atomic mass is 32.1. The molecule has 3 nitrogen and oxygen atoms in total. The Kier molecular flexibility index (Phi) is 5.49. The molecule has 1 aromatic rings. The third kappa shape index (κ3) is 4.33. The highest BCUT2D eigenvalue weighted by molar-refractivity contribution is 7.09. The van der Waals surface area contributed by atoms with Gasteiger partial charge in [0.25, 0.3) is 0 Å². The number of ether oxygens (including phenoxy) is 1. The molecule has 2 N–H and O–H groups in total. The van der Waals surface area contributed by atoms with Gasteiger partial charge in [0.2, 0.25) is 0 Å². The van der Waals surface area contributed by atoms with Crippen molar-refractivity contribution in [2.45, 2.75) is 26.9 Å². The quantitative estimate of drug-likeness (QED) is 0.778. The molecular formula is C12H19NO2S. The maximum absolute atomic E-state index is 11.7. The monoisotopic (exact) mass is 241 g/mol. The summed E-state index contributed by atoms with van der Waals surface area (Å²) in [6, 6.07) is 3.90. The van der Waals surface area contributed by atoms with E-state index in [1.165, 1.54) is 0 Å². The first-order valence-corrected chi connectivity index (χ1v) is 6.40. The predicted octanol–water partition coefficient (Wildman–Crippen LogP) is 2.41. The molecule has 0 aliphatic carbocycles. The van der Waals surface area contributed by atoms with Gasteiger partial charge in [-0.2, -0.15) is 0 Å². The highest BCUT2D eigenvalue weighted by Crippen LogP contribution is 2.15. The van der Waals surface area contributed by atoms with E-state index in [0.29, 0.717) is 19.1 Å². The van der Waals surface area contributed by atoms with Crippen molar-refractivity contribution >= 4 is 17.3 Å².